The van der Waals surface area contributed by atoms with Crippen LogP contribution in [0.25, 0.3) is 0 Å². The van der Waals surface area contributed by atoms with E-state index in [0.717, 1.165) is 11.3 Å². The van der Waals surface area contributed by atoms with Crippen LogP contribution in [0.3, 0.4) is 0 Å². The fourth-order valence-electron chi connectivity index (χ4n) is 2.27. The number of halogens is 1. The zero-order valence-corrected chi connectivity index (χ0v) is 15.5. The van der Waals surface area contributed by atoms with Crippen molar-refractivity contribution in [3.8, 4) is 0 Å². The fraction of sp³-hybridized carbons (Fsp3) is 0.263. The van der Waals surface area contributed by atoms with Gasteiger partial charge in [0.1, 0.15) is 0 Å². The molecule has 3 N–H and O–H groups in total. The van der Waals surface area contributed by atoms with Crippen molar-refractivity contribution in [2.24, 2.45) is 0 Å². The topological polar surface area (TPSA) is 79.5 Å². The van der Waals surface area contributed by atoms with Crippen LogP contribution in [0, 0.1) is 6.92 Å². The van der Waals surface area contributed by atoms with E-state index in [2.05, 4.69) is 16.0 Å². The summed E-state index contributed by atoms with van der Waals surface area (Å²) in [5.74, 6) is -0.438. The lowest BCUT2D eigenvalue weighted by atomic mass is 10.2. The molecule has 2 amide bonds. The third-order valence-corrected chi connectivity index (χ3v) is 3.87. The summed E-state index contributed by atoms with van der Waals surface area (Å²) in [6.07, 6.45) is 0. The van der Waals surface area contributed by atoms with E-state index in [0.29, 0.717) is 29.4 Å². The van der Waals surface area contributed by atoms with Gasteiger partial charge in [0.15, 0.2) is 0 Å². The Balaban J connectivity index is 1.91. The Morgan fingerprint density at radius 2 is 1.96 bits per heavy atom. The molecule has 2 rings (SSSR count). The van der Waals surface area contributed by atoms with Gasteiger partial charge in [0, 0.05) is 35.6 Å². The molecule has 2 aromatic carbocycles. The predicted molar refractivity (Wildman–Crippen MR) is 104 cm³/mol. The molecule has 0 atom stereocenters. The lowest BCUT2D eigenvalue weighted by molar-refractivity contribution is -0.114. The number of carbonyl (C=O) groups is 2. The van der Waals surface area contributed by atoms with E-state index in [1.54, 1.807) is 43.5 Å². The van der Waals surface area contributed by atoms with Gasteiger partial charge in [-0.1, -0.05) is 23.7 Å². The lowest BCUT2D eigenvalue weighted by Gasteiger charge is -2.11. The van der Waals surface area contributed by atoms with Crippen molar-refractivity contribution in [2.45, 2.75) is 6.92 Å². The van der Waals surface area contributed by atoms with E-state index in [-0.39, 0.29) is 18.4 Å². The SMILES string of the molecule is COCCNC(=O)c1cccc(NC(=O)CNc2cc(Cl)ccc2C)c1. The van der Waals surface area contributed by atoms with Crippen molar-refractivity contribution < 1.29 is 14.3 Å². The highest BCUT2D eigenvalue weighted by molar-refractivity contribution is 6.30. The van der Waals surface area contributed by atoms with E-state index in [1.807, 2.05) is 13.0 Å². The quantitative estimate of drug-likeness (QED) is 0.619. The third kappa shape index (κ3) is 6.06. The molecule has 0 saturated carbocycles. The summed E-state index contributed by atoms with van der Waals surface area (Å²) in [7, 11) is 1.57. The van der Waals surface area contributed by atoms with Crippen molar-refractivity contribution in [1.29, 1.82) is 0 Å². The van der Waals surface area contributed by atoms with Crippen LogP contribution < -0.4 is 16.0 Å². The number of benzene rings is 2. The average molecular weight is 376 g/mol. The summed E-state index contributed by atoms with van der Waals surface area (Å²) in [4.78, 5) is 24.2. The first-order valence-electron chi connectivity index (χ1n) is 8.16. The monoisotopic (exact) mass is 375 g/mol. The van der Waals surface area contributed by atoms with Gasteiger partial charge < -0.3 is 20.7 Å². The second kappa shape index (κ2) is 9.79. The molecular formula is C19H22ClN3O3. The van der Waals surface area contributed by atoms with E-state index in [1.165, 1.54) is 0 Å². The van der Waals surface area contributed by atoms with Gasteiger partial charge in [0.25, 0.3) is 5.91 Å². The molecule has 0 aromatic heterocycles. The summed E-state index contributed by atoms with van der Waals surface area (Å²) < 4.78 is 4.90. The van der Waals surface area contributed by atoms with E-state index in [4.69, 9.17) is 16.3 Å². The Labute approximate surface area is 157 Å². The summed E-state index contributed by atoms with van der Waals surface area (Å²) in [6, 6.07) is 12.2. The summed E-state index contributed by atoms with van der Waals surface area (Å²) in [6.45, 7) is 2.89. The zero-order valence-electron chi connectivity index (χ0n) is 14.8. The molecule has 6 nitrogen and oxygen atoms in total. The zero-order chi connectivity index (χ0) is 18.9. The number of nitrogens with one attached hydrogen (secondary N) is 3. The molecule has 0 aliphatic heterocycles. The Morgan fingerprint density at radius 1 is 1.15 bits per heavy atom. The lowest BCUT2D eigenvalue weighted by Crippen LogP contribution is -2.27. The maximum absolute atomic E-state index is 12.2. The molecule has 138 valence electrons. The highest BCUT2D eigenvalue weighted by Gasteiger charge is 2.08. The second-order valence-corrected chi connectivity index (χ2v) is 6.13. The first-order chi connectivity index (χ1) is 12.5. The largest absolute Gasteiger partial charge is 0.383 e. The van der Waals surface area contributed by atoms with E-state index >= 15 is 0 Å². The number of amides is 2. The Morgan fingerprint density at radius 3 is 2.73 bits per heavy atom. The van der Waals surface area contributed by atoms with Crippen LogP contribution in [-0.4, -0.2) is 38.6 Å². The van der Waals surface area contributed by atoms with Crippen LogP contribution in [0.15, 0.2) is 42.5 Å². The van der Waals surface area contributed by atoms with Crippen molar-refractivity contribution >= 4 is 34.8 Å². The molecule has 0 radical (unpaired) electrons. The molecule has 0 unspecified atom stereocenters. The maximum Gasteiger partial charge on any atom is 0.251 e. The molecule has 0 aliphatic rings. The van der Waals surface area contributed by atoms with Gasteiger partial charge >= 0.3 is 0 Å². The summed E-state index contributed by atoms with van der Waals surface area (Å²) in [5, 5.41) is 9.17. The van der Waals surface area contributed by atoms with Crippen LogP contribution in [0.5, 0.6) is 0 Å². The number of methoxy groups -OCH3 is 1. The molecule has 2 aromatic rings. The standard InChI is InChI=1S/C19H22ClN3O3/c1-13-6-7-15(20)11-17(13)22-12-18(24)23-16-5-3-4-14(10-16)19(25)21-8-9-26-2/h3-7,10-11,22H,8-9,12H2,1-2H3,(H,21,25)(H,23,24). The number of ether oxygens (including phenoxy) is 1. The van der Waals surface area contributed by atoms with Crippen molar-refractivity contribution in [1.82, 2.24) is 5.32 Å². The van der Waals surface area contributed by atoms with Crippen molar-refractivity contribution in [2.75, 3.05) is 37.4 Å². The van der Waals surface area contributed by atoms with Crippen LogP contribution in [0.2, 0.25) is 5.02 Å². The summed E-state index contributed by atoms with van der Waals surface area (Å²) in [5.41, 5.74) is 2.83. The van der Waals surface area contributed by atoms with Crippen molar-refractivity contribution in [3.05, 3.63) is 58.6 Å². The van der Waals surface area contributed by atoms with E-state index < -0.39 is 0 Å². The molecule has 0 spiro atoms. The van der Waals surface area contributed by atoms with Crippen LogP contribution in [0.1, 0.15) is 15.9 Å². The minimum Gasteiger partial charge on any atom is -0.383 e. The number of hydrogen-bond donors (Lipinski definition) is 3. The molecule has 26 heavy (non-hydrogen) atoms. The van der Waals surface area contributed by atoms with Gasteiger partial charge in [0.2, 0.25) is 5.91 Å². The van der Waals surface area contributed by atoms with Crippen LogP contribution in [0.4, 0.5) is 11.4 Å². The fourth-order valence-corrected chi connectivity index (χ4v) is 2.44. The Hall–Kier alpha value is -2.57. The van der Waals surface area contributed by atoms with Crippen molar-refractivity contribution in [3.63, 3.8) is 0 Å². The van der Waals surface area contributed by atoms with Gasteiger partial charge in [-0.25, -0.2) is 0 Å². The molecular weight excluding hydrogens is 354 g/mol. The molecule has 0 heterocycles. The number of aryl methyl sites for hydroxylation is 1. The van der Waals surface area contributed by atoms with Gasteiger partial charge in [-0.15, -0.1) is 0 Å². The van der Waals surface area contributed by atoms with Gasteiger partial charge in [-0.05, 0) is 42.8 Å². The normalized spacial score (nSPS) is 10.3. The Kier molecular flexibility index (Phi) is 7.44. The van der Waals surface area contributed by atoms with Gasteiger partial charge in [-0.2, -0.15) is 0 Å². The Bertz CT molecular complexity index is 780. The van der Waals surface area contributed by atoms with Gasteiger partial charge in [-0.3, -0.25) is 9.59 Å². The van der Waals surface area contributed by atoms with Gasteiger partial charge in [0.05, 0.1) is 13.2 Å². The second-order valence-electron chi connectivity index (χ2n) is 5.69. The predicted octanol–water partition coefficient (Wildman–Crippen LogP) is 3.08. The summed E-state index contributed by atoms with van der Waals surface area (Å²) >= 11 is 5.97. The molecule has 0 saturated heterocycles. The first-order valence-corrected chi connectivity index (χ1v) is 8.54. The highest BCUT2D eigenvalue weighted by atomic mass is 35.5. The number of hydrogen-bond acceptors (Lipinski definition) is 4. The molecule has 0 fully saturated rings. The maximum atomic E-state index is 12.2. The van der Waals surface area contributed by atoms with E-state index in [9.17, 15) is 9.59 Å². The average Bonchev–Trinajstić information content (AvgIpc) is 2.63. The van der Waals surface area contributed by atoms with Crippen LogP contribution >= 0.6 is 11.6 Å². The third-order valence-electron chi connectivity index (χ3n) is 3.64. The highest BCUT2D eigenvalue weighted by Crippen LogP contribution is 2.20. The molecule has 0 aliphatic carbocycles. The molecule has 7 heteroatoms. The minimum absolute atomic E-state index is 0.0887. The number of carbonyl (C=O) groups excluding carboxylic acids is 2. The number of anilines is 2. The first kappa shape index (κ1) is 19.8. The number of rotatable bonds is 8. The minimum atomic E-state index is -0.221. The van der Waals surface area contributed by atoms with Crippen LogP contribution in [-0.2, 0) is 9.53 Å². The smallest absolute Gasteiger partial charge is 0.251 e. The molecule has 0 bridgehead atoms.